The molecular weight excluding hydrogens is 294 g/mol. The van der Waals surface area contributed by atoms with E-state index in [4.69, 9.17) is 18.2 Å². The molecular formula is C15H13ClNO2S+. The molecule has 2 aromatic rings. The Balaban J connectivity index is 2.55. The van der Waals surface area contributed by atoms with Gasteiger partial charge in [-0.2, -0.15) is 0 Å². The highest BCUT2D eigenvalue weighted by Gasteiger charge is 2.38. The van der Waals surface area contributed by atoms with Gasteiger partial charge < -0.3 is 0 Å². The quantitative estimate of drug-likeness (QED) is 0.857. The number of aryl methyl sites for hydroxylation is 1. The van der Waals surface area contributed by atoms with Crippen molar-refractivity contribution >= 4 is 21.4 Å². The minimum absolute atomic E-state index is 0.169. The minimum atomic E-state index is -3.72. The van der Waals surface area contributed by atoms with Crippen LogP contribution in [0.25, 0.3) is 4.85 Å². The summed E-state index contributed by atoms with van der Waals surface area (Å²) < 4.78 is 25.2. The van der Waals surface area contributed by atoms with Crippen molar-refractivity contribution in [2.45, 2.75) is 17.2 Å². The molecule has 3 nitrogen and oxygen atoms in total. The van der Waals surface area contributed by atoms with Gasteiger partial charge in [0.2, 0.25) is 0 Å². The van der Waals surface area contributed by atoms with Crippen LogP contribution in [0.2, 0.25) is 5.02 Å². The van der Waals surface area contributed by atoms with Crippen LogP contribution in [0.4, 0.5) is 0 Å². The molecule has 0 aliphatic heterocycles. The number of nitrogens with zero attached hydrogens (tertiary/aromatic N) is 1. The lowest BCUT2D eigenvalue weighted by Gasteiger charge is -2.07. The lowest BCUT2D eigenvalue weighted by molar-refractivity contribution is 0.590. The number of benzene rings is 2. The van der Waals surface area contributed by atoms with E-state index < -0.39 is 15.2 Å². The van der Waals surface area contributed by atoms with Gasteiger partial charge in [-0.1, -0.05) is 46.3 Å². The van der Waals surface area contributed by atoms with Gasteiger partial charge in [0, 0.05) is 0 Å². The lowest BCUT2D eigenvalue weighted by Crippen LogP contribution is -2.11. The summed E-state index contributed by atoms with van der Waals surface area (Å²) in [6.07, 6.45) is 0. The Hall–Kier alpha value is -1.83. The maximum atomic E-state index is 12.6. The molecule has 0 fully saturated rings. The molecule has 0 aliphatic rings. The Labute approximate surface area is 123 Å². The summed E-state index contributed by atoms with van der Waals surface area (Å²) in [5, 5.41) is -0.888. The van der Waals surface area contributed by atoms with Gasteiger partial charge in [0.15, 0.2) is 0 Å². The predicted octanol–water partition coefficient (Wildman–Crippen LogP) is 4.08. The first kappa shape index (κ1) is 14.6. The molecule has 0 N–H and O–H groups in total. The van der Waals surface area contributed by atoms with Crippen molar-refractivity contribution in [2.24, 2.45) is 0 Å². The van der Waals surface area contributed by atoms with Gasteiger partial charge in [-0.3, -0.25) is 0 Å². The molecule has 1 atom stereocenters. The zero-order valence-corrected chi connectivity index (χ0v) is 12.4. The molecule has 0 aromatic heterocycles. The van der Waals surface area contributed by atoms with Crippen molar-refractivity contribution in [3.8, 4) is 6.57 Å². The second-order valence-corrected chi connectivity index (χ2v) is 6.80. The van der Waals surface area contributed by atoms with Gasteiger partial charge >= 0.3 is 5.37 Å². The van der Waals surface area contributed by atoms with Crippen molar-refractivity contribution in [2.75, 3.05) is 0 Å². The van der Waals surface area contributed by atoms with Crippen molar-refractivity contribution in [1.29, 1.82) is 0 Å². The lowest BCUT2D eigenvalue weighted by atomic mass is 10.2. The predicted molar refractivity (Wildman–Crippen MR) is 80.9 cm³/mol. The molecule has 0 saturated heterocycles. The standard InChI is InChI=1S/C15H13ClNO2S/c1-11-7-9-12(10-8-11)20(18,19)15(17-2)13-5-3-4-6-14(13)16/h2-10,15H,1H3/q+1. The van der Waals surface area contributed by atoms with Gasteiger partial charge in [0.1, 0.15) is 0 Å². The number of sulfone groups is 1. The van der Waals surface area contributed by atoms with E-state index in [1.54, 1.807) is 48.5 Å². The molecule has 0 aliphatic carbocycles. The van der Waals surface area contributed by atoms with E-state index in [9.17, 15) is 8.42 Å². The first-order chi connectivity index (χ1) is 9.46. The van der Waals surface area contributed by atoms with Gasteiger partial charge in [-0.25, -0.2) is 8.42 Å². The van der Waals surface area contributed by atoms with E-state index in [1.807, 2.05) is 6.92 Å². The fraction of sp³-hybridized carbons (Fsp3) is 0.133. The summed E-state index contributed by atoms with van der Waals surface area (Å²) in [4.78, 5) is 3.69. The van der Waals surface area contributed by atoms with Crippen LogP contribution in [0.15, 0.2) is 53.4 Å². The van der Waals surface area contributed by atoms with Crippen molar-refractivity contribution in [3.05, 3.63) is 69.5 Å². The number of hydrogen-bond acceptors (Lipinski definition) is 2. The molecule has 2 rings (SSSR count). The van der Waals surface area contributed by atoms with Crippen LogP contribution in [0.5, 0.6) is 0 Å². The zero-order chi connectivity index (χ0) is 14.8. The SMILES string of the molecule is C#[N+]C(c1ccccc1Cl)S(=O)(=O)c1ccc(C)cc1. The minimum Gasteiger partial charge on any atom is -0.215 e. The van der Waals surface area contributed by atoms with Crippen LogP contribution < -0.4 is 0 Å². The van der Waals surface area contributed by atoms with E-state index in [2.05, 4.69) is 4.85 Å². The Morgan fingerprint density at radius 2 is 1.70 bits per heavy atom. The first-order valence-electron chi connectivity index (χ1n) is 5.92. The highest BCUT2D eigenvalue weighted by atomic mass is 35.5. The molecule has 2 aromatic carbocycles. The maximum Gasteiger partial charge on any atom is 0.399 e. The summed E-state index contributed by atoms with van der Waals surface area (Å²) in [5.74, 6) is 0. The van der Waals surface area contributed by atoms with E-state index in [-0.39, 0.29) is 4.90 Å². The smallest absolute Gasteiger partial charge is 0.215 e. The van der Waals surface area contributed by atoms with Crippen LogP contribution in [-0.2, 0) is 9.84 Å². The molecule has 5 heteroatoms. The monoisotopic (exact) mass is 306 g/mol. The first-order valence-corrected chi connectivity index (χ1v) is 7.84. The largest absolute Gasteiger partial charge is 0.399 e. The zero-order valence-electron chi connectivity index (χ0n) is 10.8. The third-order valence-electron chi connectivity index (χ3n) is 2.95. The second-order valence-electron chi connectivity index (χ2n) is 4.38. The summed E-state index contributed by atoms with van der Waals surface area (Å²) in [6.45, 7) is 7.20. The van der Waals surface area contributed by atoms with E-state index in [0.717, 1.165) is 5.56 Å². The topological polar surface area (TPSA) is 38.5 Å². The van der Waals surface area contributed by atoms with Crippen molar-refractivity contribution in [1.82, 2.24) is 0 Å². The van der Waals surface area contributed by atoms with Gasteiger partial charge in [-0.05, 0) is 31.2 Å². The number of halogens is 1. The van der Waals surface area contributed by atoms with Gasteiger partial charge in [-0.15, -0.1) is 0 Å². The molecule has 1 unspecified atom stereocenters. The Bertz CT molecular complexity index is 761. The second kappa shape index (κ2) is 5.66. The van der Waals surface area contributed by atoms with Crippen molar-refractivity contribution < 1.29 is 8.42 Å². The van der Waals surface area contributed by atoms with E-state index in [1.165, 1.54) is 0 Å². The Morgan fingerprint density at radius 1 is 1.10 bits per heavy atom. The molecule has 0 heterocycles. The molecule has 0 radical (unpaired) electrons. The Kier molecular flexibility index (Phi) is 4.12. The number of hydrogen-bond donors (Lipinski definition) is 0. The normalized spacial score (nSPS) is 12.7. The van der Waals surface area contributed by atoms with Crippen LogP contribution in [-0.4, -0.2) is 8.42 Å². The van der Waals surface area contributed by atoms with Gasteiger partial charge in [0.25, 0.3) is 16.4 Å². The summed E-state index contributed by atoms with van der Waals surface area (Å²) >= 11 is 6.04. The molecule has 20 heavy (non-hydrogen) atoms. The average Bonchev–Trinajstić information content (AvgIpc) is 2.42. The van der Waals surface area contributed by atoms with Gasteiger partial charge in [0.05, 0.1) is 15.5 Å². The van der Waals surface area contributed by atoms with Crippen LogP contribution in [0.3, 0.4) is 0 Å². The molecule has 0 saturated carbocycles. The maximum absolute atomic E-state index is 12.6. The molecule has 102 valence electrons. The molecule has 0 bridgehead atoms. The van der Waals surface area contributed by atoms with E-state index >= 15 is 0 Å². The summed E-state index contributed by atoms with van der Waals surface area (Å²) in [6, 6.07) is 13.2. The third-order valence-corrected chi connectivity index (χ3v) is 5.19. The number of rotatable bonds is 3. The summed E-state index contributed by atoms with van der Waals surface area (Å²) in [7, 11) is -3.72. The highest BCUT2D eigenvalue weighted by molar-refractivity contribution is 7.91. The molecule has 0 spiro atoms. The van der Waals surface area contributed by atoms with E-state index in [0.29, 0.717) is 10.6 Å². The summed E-state index contributed by atoms with van der Waals surface area (Å²) in [5.41, 5.74) is 1.35. The molecule has 0 amide bonds. The Morgan fingerprint density at radius 3 is 2.25 bits per heavy atom. The van der Waals surface area contributed by atoms with Crippen LogP contribution in [0.1, 0.15) is 16.5 Å². The van der Waals surface area contributed by atoms with Crippen molar-refractivity contribution in [3.63, 3.8) is 0 Å². The van der Waals surface area contributed by atoms with Crippen LogP contribution >= 0.6 is 11.6 Å². The fourth-order valence-corrected chi connectivity index (χ4v) is 3.64. The third kappa shape index (κ3) is 2.69. The van der Waals surface area contributed by atoms with Crippen LogP contribution in [0, 0.1) is 13.5 Å². The fourth-order valence-electron chi connectivity index (χ4n) is 1.86. The highest BCUT2D eigenvalue weighted by Crippen LogP contribution is 2.34. The average molecular weight is 307 g/mol.